The predicted molar refractivity (Wildman–Crippen MR) is 136 cm³/mol. The van der Waals surface area contributed by atoms with E-state index < -0.39 is 5.41 Å². The number of phenolic OH excluding ortho intramolecular Hbond substituents is 1. The Morgan fingerprint density at radius 2 is 1.85 bits per heavy atom. The van der Waals surface area contributed by atoms with Crippen molar-refractivity contribution >= 4 is 5.57 Å². The van der Waals surface area contributed by atoms with Gasteiger partial charge in [0.15, 0.2) is 0 Å². The highest BCUT2D eigenvalue weighted by Gasteiger charge is 2.50. The number of rotatable bonds is 6. The van der Waals surface area contributed by atoms with Crippen LogP contribution < -0.4 is 0 Å². The van der Waals surface area contributed by atoms with Crippen LogP contribution in [0.15, 0.2) is 109 Å². The van der Waals surface area contributed by atoms with Gasteiger partial charge >= 0.3 is 0 Å². The van der Waals surface area contributed by atoms with E-state index in [-0.39, 0.29) is 5.92 Å². The maximum Gasteiger partial charge on any atom is 0.119 e. The first kappa shape index (κ1) is 21.3. The topological polar surface area (TPSA) is 40.5 Å². The Morgan fingerprint density at radius 1 is 1.03 bits per heavy atom. The van der Waals surface area contributed by atoms with Gasteiger partial charge in [0.25, 0.3) is 0 Å². The van der Waals surface area contributed by atoms with Crippen LogP contribution in [0.1, 0.15) is 47.9 Å². The molecule has 33 heavy (non-hydrogen) atoms. The van der Waals surface area contributed by atoms with Gasteiger partial charge in [-0.25, -0.2) is 0 Å². The number of aromatic hydroxyl groups is 1. The first-order valence-electron chi connectivity index (χ1n) is 11.8. The van der Waals surface area contributed by atoms with Crippen molar-refractivity contribution in [1.29, 1.82) is 0 Å². The van der Waals surface area contributed by atoms with Gasteiger partial charge in [0.1, 0.15) is 11.5 Å². The zero-order chi connectivity index (χ0) is 23.0. The van der Waals surface area contributed by atoms with Crippen molar-refractivity contribution < 1.29 is 10.2 Å². The Morgan fingerprint density at radius 3 is 2.67 bits per heavy atom. The Labute approximate surface area is 196 Å². The Balaban J connectivity index is 1.83. The second-order valence-electron chi connectivity index (χ2n) is 9.14. The van der Waals surface area contributed by atoms with E-state index >= 15 is 0 Å². The number of allylic oxidation sites excluding steroid dienone is 9. The number of aliphatic hydroxyl groups excluding tert-OH is 1. The fourth-order valence-electron chi connectivity index (χ4n) is 6.02. The van der Waals surface area contributed by atoms with Crippen LogP contribution in [-0.2, 0) is 11.8 Å². The van der Waals surface area contributed by atoms with Crippen molar-refractivity contribution in [3.05, 3.63) is 131 Å². The molecular weight excluding hydrogens is 404 g/mol. The van der Waals surface area contributed by atoms with Crippen LogP contribution in [0.25, 0.3) is 5.57 Å². The molecule has 2 aromatic carbocycles. The summed E-state index contributed by atoms with van der Waals surface area (Å²) in [5.41, 5.74) is 8.00. The molecule has 0 fully saturated rings. The second kappa shape index (κ2) is 8.44. The molecule has 2 unspecified atom stereocenters. The highest BCUT2D eigenvalue weighted by Crippen LogP contribution is 2.59. The third-order valence-corrected chi connectivity index (χ3v) is 7.39. The number of aliphatic hydroxyl groups is 1. The van der Waals surface area contributed by atoms with Crippen molar-refractivity contribution in [2.45, 2.75) is 37.5 Å². The lowest BCUT2D eigenvalue weighted by Gasteiger charge is -2.42. The third kappa shape index (κ3) is 3.24. The van der Waals surface area contributed by atoms with Crippen LogP contribution in [0, 0.1) is 5.92 Å². The molecule has 2 aromatic rings. The first-order chi connectivity index (χ1) is 16.1. The molecule has 2 heteroatoms. The Hall–Kier alpha value is -3.52. The van der Waals surface area contributed by atoms with Crippen molar-refractivity contribution in [2.75, 3.05) is 0 Å². The van der Waals surface area contributed by atoms with E-state index in [1.54, 1.807) is 0 Å². The number of benzene rings is 2. The monoisotopic (exact) mass is 434 g/mol. The molecule has 0 amide bonds. The minimum atomic E-state index is -0.393. The van der Waals surface area contributed by atoms with Crippen LogP contribution in [-0.4, -0.2) is 10.2 Å². The van der Waals surface area contributed by atoms with Crippen LogP contribution in [0.2, 0.25) is 0 Å². The fraction of sp³-hybridized carbons (Fsp3) is 0.226. The molecule has 0 bridgehead atoms. The highest BCUT2D eigenvalue weighted by molar-refractivity contribution is 5.86. The van der Waals surface area contributed by atoms with E-state index in [1.165, 1.54) is 27.8 Å². The van der Waals surface area contributed by atoms with Crippen molar-refractivity contribution in [3.8, 4) is 5.75 Å². The van der Waals surface area contributed by atoms with Gasteiger partial charge in [-0.3, -0.25) is 0 Å². The number of phenols is 1. The molecular formula is C31H30O2. The lowest BCUT2D eigenvalue weighted by molar-refractivity contribution is 0.387. The molecule has 0 radical (unpaired) electrons. The average Bonchev–Trinajstić information content (AvgIpc) is 3.14. The summed E-state index contributed by atoms with van der Waals surface area (Å²) in [4.78, 5) is 0. The second-order valence-corrected chi connectivity index (χ2v) is 9.14. The molecule has 0 aliphatic heterocycles. The minimum absolute atomic E-state index is 0.126. The SMILES string of the molecule is C=CCC1=CC(C2(c3ccc(O)c(CC=C)c3)C3=C(CCC=C3)c3ccccc32)CC=C1O. The largest absolute Gasteiger partial charge is 0.508 e. The molecule has 0 heterocycles. The molecule has 166 valence electrons. The maximum absolute atomic E-state index is 10.6. The van der Waals surface area contributed by atoms with E-state index in [1.807, 2.05) is 24.3 Å². The average molecular weight is 435 g/mol. The summed E-state index contributed by atoms with van der Waals surface area (Å²) in [7, 11) is 0. The van der Waals surface area contributed by atoms with E-state index in [4.69, 9.17) is 0 Å². The first-order valence-corrected chi connectivity index (χ1v) is 11.8. The van der Waals surface area contributed by atoms with Gasteiger partial charge in [-0.2, -0.15) is 0 Å². The number of hydrogen-bond donors (Lipinski definition) is 2. The highest BCUT2D eigenvalue weighted by atomic mass is 16.3. The molecule has 3 aliphatic rings. The van der Waals surface area contributed by atoms with E-state index in [0.29, 0.717) is 24.4 Å². The lowest BCUT2D eigenvalue weighted by atomic mass is 9.60. The van der Waals surface area contributed by atoms with Crippen LogP contribution in [0.5, 0.6) is 5.75 Å². The minimum Gasteiger partial charge on any atom is -0.508 e. The quantitative estimate of drug-likeness (QED) is 0.462. The van der Waals surface area contributed by atoms with Crippen LogP contribution >= 0.6 is 0 Å². The summed E-state index contributed by atoms with van der Waals surface area (Å²) >= 11 is 0. The smallest absolute Gasteiger partial charge is 0.119 e. The van der Waals surface area contributed by atoms with Gasteiger partial charge in [0.2, 0.25) is 0 Å². The number of fused-ring (bicyclic) bond motifs is 2. The van der Waals surface area contributed by atoms with Gasteiger partial charge in [-0.05, 0) is 89.1 Å². The third-order valence-electron chi connectivity index (χ3n) is 7.39. The number of hydrogen-bond acceptors (Lipinski definition) is 2. The normalized spacial score (nSPS) is 23.5. The Bertz CT molecular complexity index is 1250. The van der Waals surface area contributed by atoms with E-state index in [9.17, 15) is 10.2 Å². The molecule has 3 aliphatic carbocycles. The summed E-state index contributed by atoms with van der Waals surface area (Å²) in [6, 6.07) is 14.8. The van der Waals surface area contributed by atoms with E-state index in [2.05, 4.69) is 67.8 Å². The van der Waals surface area contributed by atoms with Crippen LogP contribution in [0.3, 0.4) is 0 Å². The zero-order valence-electron chi connectivity index (χ0n) is 18.9. The lowest BCUT2D eigenvalue weighted by Crippen LogP contribution is -2.37. The molecule has 2 atom stereocenters. The fourth-order valence-corrected chi connectivity index (χ4v) is 6.02. The Kier molecular flexibility index (Phi) is 5.46. The standard InChI is InChI=1S/C31H30O2/c1-3-9-21-19-23(15-17-29(21)32)31(24-16-18-30(33)22(20-24)10-4-2)27-13-7-5-11-25(27)26-12-6-8-14-28(26)31/h3-5,7-8,11,13-15,17-20,24,32-33H,1-2,6,9-10,12,16H2. The molecule has 0 aromatic heterocycles. The van der Waals surface area contributed by atoms with Crippen molar-refractivity contribution in [2.24, 2.45) is 5.92 Å². The molecule has 0 spiro atoms. The maximum atomic E-state index is 10.6. The summed E-state index contributed by atoms with van der Waals surface area (Å²) in [5, 5.41) is 21.1. The van der Waals surface area contributed by atoms with Gasteiger partial charge in [0.05, 0.1) is 5.41 Å². The van der Waals surface area contributed by atoms with Gasteiger partial charge in [0, 0.05) is 0 Å². The van der Waals surface area contributed by atoms with Gasteiger partial charge in [-0.15, -0.1) is 13.2 Å². The molecule has 0 saturated carbocycles. The van der Waals surface area contributed by atoms with Crippen molar-refractivity contribution in [3.63, 3.8) is 0 Å². The molecule has 5 rings (SSSR count). The molecule has 2 nitrogen and oxygen atoms in total. The van der Waals surface area contributed by atoms with Crippen molar-refractivity contribution in [1.82, 2.24) is 0 Å². The predicted octanol–water partition coefficient (Wildman–Crippen LogP) is 7.49. The van der Waals surface area contributed by atoms with Gasteiger partial charge < -0.3 is 10.2 Å². The zero-order valence-corrected chi connectivity index (χ0v) is 18.9. The summed E-state index contributed by atoms with van der Waals surface area (Å²) < 4.78 is 0. The molecule has 0 saturated heterocycles. The van der Waals surface area contributed by atoms with Crippen LogP contribution in [0.4, 0.5) is 0 Å². The summed E-state index contributed by atoms with van der Waals surface area (Å²) in [6.07, 6.45) is 16.6. The summed E-state index contributed by atoms with van der Waals surface area (Å²) in [5.74, 6) is 0.789. The molecule has 2 N–H and O–H groups in total. The summed E-state index contributed by atoms with van der Waals surface area (Å²) in [6.45, 7) is 7.78. The van der Waals surface area contributed by atoms with Gasteiger partial charge in [-0.1, -0.05) is 66.8 Å². The van der Waals surface area contributed by atoms with E-state index in [0.717, 1.165) is 30.4 Å².